The molecule has 1 aromatic rings. The molecule has 11 heavy (non-hydrogen) atoms. The molecule has 0 aliphatic carbocycles. The van der Waals surface area contributed by atoms with Gasteiger partial charge in [0.1, 0.15) is 0 Å². The SMILES string of the molecule is Cc1cc(C=O)cn1C(C)C. The quantitative estimate of drug-likeness (QED) is 0.594. The van der Waals surface area contributed by atoms with Crippen molar-refractivity contribution in [3.8, 4) is 0 Å². The summed E-state index contributed by atoms with van der Waals surface area (Å²) in [6.45, 7) is 6.20. The molecule has 0 aromatic carbocycles. The van der Waals surface area contributed by atoms with Gasteiger partial charge < -0.3 is 4.57 Å². The Bertz CT molecular complexity index is 261. The van der Waals surface area contributed by atoms with Crippen LogP contribution in [0.2, 0.25) is 0 Å². The standard InChI is InChI=1S/C9H13NO/c1-7(2)10-5-9(6-11)4-8(10)3/h4-7H,1-3H3. The second-order valence-corrected chi connectivity index (χ2v) is 3.03. The zero-order chi connectivity index (χ0) is 8.43. The first-order valence-corrected chi connectivity index (χ1v) is 3.79. The average Bonchev–Trinajstić information content (AvgIpc) is 2.30. The summed E-state index contributed by atoms with van der Waals surface area (Å²) >= 11 is 0. The first-order valence-electron chi connectivity index (χ1n) is 3.79. The van der Waals surface area contributed by atoms with Gasteiger partial charge in [0.15, 0.2) is 6.29 Å². The topological polar surface area (TPSA) is 22.0 Å². The Morgan fingerprint density at radius 1 is 1.55 bits per heavy atom. The molecule has 0 atom stereocenters. The molecular weight excluding hydrogens is 138 g/mol. The van der Waals surface area contributed by atoms with Crippen LogP contribution in [0.1, 0.15) is 35.9 Å². The van der Waals surface area contributed by atoms with Crippen LogP contribution in [-0.4, -0.2) is 10.9 Å². The predicted molar refractivity (Wildman–Crippen MR) is 44.9 cm³/mol. The third-order valence-corrected chi connectivity index (χ3v) is 1.76. The molecule has 0 saturated heterocycles. The zero-order valence-corrected chi connectivity index (χ0v) is 7.16. The molecule has 0 spiro atoms. The molecule has 1 heterocycles. The number of rotatable bonds is 2. The molecule has 0 unspecified atom stereocenters. The van der Waals surface area contributed by atoms with Crippen molar-refractivity contribution in [3.05, 3.63) is 23.5 Å². The van der Waals surface area contributed by atoms with Gasteiger partial charge >= 0.3 is 0 Å². The van der Waals surface area contributed by atoms with Crippen molar-refractivity contribution < 1.29 is 4.79 Å². The highest BCUT2D eigenvalue weighted by atomic mass is 16.1. The Labute approximate surface area is 66.8 Å². The maximum Gasteiger partial charge on any atom is 0.151 e. The van der Waals surface area contributed by atoms with E-state index >= 15 is 0 Å². The minimum absolute atomic E-state index is 0.434. The van der Waals surface area contributed by atoms with E-state index in [9.17, 15) is 4.79 Å². The fourth-order valence-corrected chi connectivity index (χ4v) is 1.24. The summed E-state index contributed by atoms with van der Waals surface area (Å²) < 4.78 is 2.09. The van der Waals surface area contributed by atoms with Crippen LogP contribution in [0.3, 0.4) is 0 Å². The third-order valence-electron chi connectivity index (χ3n) is 1.76. The van der Waals surface area contributed by atoms with Crippen LogP contribution in [0.4, 0.5) is 0 Å². The van der Waals surface area contributed by atoms with Gasteiger partial charge in [-0.15, -0.1) is 0 Å². The van der Waals surface area contributed by atoms with Crippen LogP contribution in [0.15, 0.2) is 12.3 Å². The summed E-state index contributed by atoms with van der Waals surface area (Å²) in [4.78, 5) is 10.4. The monoisotopic (exact) mass is 151 g/mol. The molecule has 0 amide bonds. The van der Waals surface area contributed by atoms with Crippen LogP contribution in [0.5, 0.6) is 0 Å². The maximum atomic E-state index is 10.4. The molecule has 1 rings (SSSR count). The lowest BCUT2D eigenvalue weighted by atomic mass is 10.3. The summed E-state index contributed by atoms with van der Waals surface area (Å²) in [7, 11) is 0. The molecule has 0 radical (unpaired) electrons. The van der Waals surface area contributed by atoms with Crippen molar-refractivity contribution in [2.75, 3.05) is 0 Å². The summed E-state index contributed by atoms with van der Waals surface area (Å²) in [5, 5.41) is 0. The maximum absolute atomic E-state index is 10.4. The summed E-state index contributed by atoms with van der Waals surface area (Å²) in [6, 6.07) is 2.33. The number of nitrogens with zero attached hydrogens (tertiary/aromatic N) is 1. The molecule has 2 nitrogen and oxygen atoms in total. The lowest BCUT2D eigenvalue weighted by molar-refractivity contribution is 0.112. The van der Waals surface area contributed by atoms with Gasteiger partial charge in [-0.05, 0) is 26.8 Å². The van der Waals surface area contributed by atoms with E-state index < -0.39 is 0 Å². The van der Waals surface area contributed by atoms with E-state index in [1.807, 2.05) is 19.2 Å². The number of hydrogen-bond donors (Lipinski definition) is 0. The van der Waals surface area contributed by atoms with E-state index in [0.717, 1.165) is 17.5 Å². The van der Waals surface area contributed by atoms with Crippen molar-refractivity contribution in [3.63, 3.8) is 0 Å². The molecular formula is C9H13NO. The molecule has 0 saturated carbocycles. The van der Waals surface area contributed by atoms with Crippen LogP contribution in [-0.2, 0) is 0 Å². The number of aryl methyl sites for hydroxylation is 1. The number of aldehydes is 1. The van der Waals surface area contributed by atoms with E-state index in [-0.39, 0.29) is 0 Å². The van der Waals surface area contributed by atoms with Gasteiger partial charge in [0, 0.05) is 23.5 Å². The van der Waals surface area contributed by atoms with E-state index in [4.69, 9.17) is 0 Å². The van der Waals surface area contributed by atoms with E-state index in [1.54, 1.807) is 0 Å². The molecule has 60 valence electrons. The summed E-state index contributed by atoms with van der Waals surface area (Å²) in [5.74, 6) is 0. The molecule has 0 bridgehead atoms. The highest BCUT2D eigenvalue weighted by Gasteiger charge is 2.02. The molecule has 1 aromatic heterocycles. The number of hydrogen-bond acceptors (Lipinski definition) is 1. The normalized spacial score (nSPS) is 10.5. The van der Waals surface area contributed by atoms with Gasteiger partial charge in [-0.1, -0.05) is 0 Å². The second kappa shape index (κ2) is 2.91. The number of carbonyl (C=O) groups is 1. The lowest BCUT2D eigenvalue weighted by Gasteiger charge is -2.08. The van der Waals surface area contributed by atoms with Crippen molar-refractivity contribution >= 4 is 6.29 Å². The van der Waals surface area contributed by atoms with E-state index in [1.165, 1.54) is 0 Å². The summed E-state index contributed by atoms with van der Waals surface area (Å²) in [6.07, 6.45) is 2.76. The number of carbonyl (C=O) groups excluding carboxylic acids is 1. The largest absolute Gasteiger partial charge is 0.349 e. The molecule has 0 N–H and O–H groups in total. The van der Waals surface area contributed by atoms with Crippen LogP contribution < -0.4 is 0 Å². The highest BCUT2D eigenvalue weighted by molar-refractivity contribution is 5.74. The minimum atomic E-state index is 0.434. The van der Waals surface area contributed by atoms with Crippen molar-refractivity contribution in [2.24, 2.45) is 0 Å². The Hall–Kier alpha value is -1.05. The Morgan fingerprint density at radius 2 is 2.18 bits per heavy atom. The minimum Gasteiger partial charge on any atom is -0.349 e. The lowest BCUT2D eigenvalue weighted by Crippen LogP contribution is -1.99. The third kappa shape index (κ3) is 1.50. The predicted octanol–water partition coefficient (Wildman–Crippen LogP) is 2.19. The van der Waals surface area contributed by atoms with Gasteiger partial charge in [0.05, 0.1) is 0 Å². The van der Waals surface area contributed by atoms with E-state index in [0.29, 0.717) is 6.04 Å². The second-order valence-electron chi connectivity index (χ2n) is 3.03. The fraction of sp³-hybridized carbons (Fsp3) is 0.444. The van der Waals surface area contributed by atoms with Crippen LogP contribution in [0.25, 0.3) is 0 Å². The smallest absolute Gasteiger partial charge is 0.151 e. The Balaban J connectivity index is 3.06. The molecule has 0 aliphatic heterocycles. The van der Waals surface area contributed by atoms with Gasteiger partial charge in [-0.2, -0.15) is 0 Å². The summed E-state index contributed by atoms with van der Waals surface area (Å²) in [5.41, 5.74) is 1.90. The van der Waals surface area contributed by atoms with Crippen molar-refractivity contribution in [2.45, 2.75) is 26.8 Å². The molecule has 0 fully saturated rings. The van der Waals surface area contributed by atoms with Crippen molar-refractivity contribution in [1.29, 1.82) is 0 Å². The van der Waals surface area contributed by atoms with Gasteiger partial charge in [0.2, 0.25) is 0 Å². The zero-order valence-electron chi connectivity index (χ0n) is 7.16. The number of aromatic nitrogens is 1. The van der Waals surface area contributed by atoms with Gasteiger partial charge in [-0.25, -0.2) is 0 Å². The molecule has 2 heteroatoms. The Morgan fingerprint density at radius 3 is 2.45 bits per heavy atom. The Kier molecular flexibility index (Phi) is 2.13. The van der Waals surface area contributed by atoms with Crippen LogP contribution >= 0.6 is 0 Å². The molecule has 0 aliphatic rings. The first-order chi connectivity index (χ1) is 5.15. The van der Waals surface area contributed by atoms with E-state index in [2.05, 4.69) is 18.4 Å². The highest BCUT2D eigenvalue weighted by Crippen LogP contribution is 2.12. The fourth-order valence-electron chi connectivity index (χ4n) is 1.24. The van der Waals surface area contributed by atoms with Crippen LogP contribution in [0, 0.1) is 6.92 Å². The average molecular weight is 151 g/mol. The van der Waals surface area contributed by atoms with Gasteiger partial charge in [-0.3, -0.25) is 4.79 Å². The first kappa shape index (κ1) is 8.05. The van der Waals surface area contributed by atoms with Crippen molar-refractivity contribution in [1.82, 2.24) is 4.57 Å². The van der Waals surface area contributed by atoms with Gasteiger partial charge in [0.25, 0.3) is 0 Å².